The van der Waals surface area contributed by atoms with Crippen molar-refractivity contribution in [2.24, 2.45) is 0 Å². The lowest BCUT2D eigenvalue weighted by Gasteiger charge is -2.10. The Bertz CT molecular complexity index is 310. The number of hydrogen-bond donors (Lipinski definition) is 0. The van der Waals surface area contributed by atoms with E-state index < -0.39 is 0 Å². The Balaban J connectivity index is 1.73. The summed E-state index contributed by atoms with van der Waals surface area (Å²) >= 11 is 5.82. The van der Waals surface area contributed by atoms with Gasteiger partial charge in [0.2, 0.25) is 0 Å². The van der Waals surface area contributed by atoms with E-state index in [4.69, 9.17) is 25.8 Å². The molecule has 1 heterocycles. The van der Waals surface area contributed by atoms with Gasteiger partial charge in [-0.2, -0.15) is 0 Å². The van der Waals surface area contributed by atoms with E-state index in [2.05, 4.69) is 0 Å². The molecule has 15 heavy (non-hydrogen) atoms. The molecule has 82 valence electrons. The molecule has 1 saturated heterocycles. The molecular formula is C11H13ClO3. The normalized spacial score (nSPS) is 16.9. The number of rotatable bonds is 4. The second-order valence-electron chi connectivity index (χ2n) is 3.27. The first-order chi connectivity index (χ1) is 7.34. The minimum Gasteiger partial charge on any atom is -0.493 e. The first-order valence-corrected chi connectivity index (χ1v) is 5.34. The summed E-state index contributed by atoms with van der Waals surface area (Å²) < 4.78 is 16.1. The third-order valence-corrected chi connectivity index (χ3v) is 2.34. The van der Waals surface area contributed by atoms with Crippen LogP contribution in [-0.4, -0.2) is 26.1 Å². The van der Waals surface area contributed by atoms with Gasteiger partial charge in [0.15, 0.2) is 6.29 Å². The second-order valence-corrected chi connectivity index (χ2v) is 3.70. The summed E-state index contributed by atoms with van der Waals surface area (Å²) in [4.78, 5) is 0. The molecule has 0 atom stereocenters. The highest BCUT2D eigenvalue weighted by Gasteiger charge is 2.15. The van der Waals surface area contributed by atoms with Crippen LogP contribution in [0.1, 0.15) is 6.42 Å². The van der Waals surface area contributed by atoms with Gasteiger partial charge in [0, 0.05) is 11.4 Å². The number of benzene rings is 1. The van der Waals surface area contributed by atoms with Gasteiger partial charge in [0.25, 0.3) is 0 Å². The van der Waals surface area contributed by atoms with Crippen LogP contribution in [0.2, 0.25) is 5.02 Å². The highest BCUT2D eigenvalue weighted by Crippen LogP contribution is 2.17. The summed E-state index contributed by atoms with van der Waals surface area (Å²) in [6.07, 6.45) is 0.635. The molecule has 1 fully saturated rings. The summed E-state index contributed by atoms with van der Waals surface area (Å²) in [7, 11) is 0. The summed E-state index contributed by atoms with van der Waals surface area (Å²) in [6.45, 7) is 1.94. The van der Waals surface area contributed by atoms with Crippen molar-refractivity contribution in [3.63, 3.8) is 0 Å². The molecule has 4 heteroatoms. The molecule has 1 aliphatic heterocycles. The Kier molecular flexibility index (Phi) is 3.83. The number of ether oxygens (including phenoxy) is 3. The lowest BCUT2D eigenvalue weighted by molar-refractivity contribution is -0.0531. The van der Waals surface area contributed by atoms with Crippen LogP contribution in [0, 0.1) is 0 Å². The Morgan fingerprint density at radius 2 is 2.13 bits per heavy atom. The fourth-order valence-electron chi connectivity index (χ4n) is 1.40. The van der Waals surface area contributed by atoms with Crippen molar-refractivity contribution < 1.29 is 14.2 Å². The van der Waals surface area contributed by atoms with Crippen LogP contribution in [0.3, 0.4) is 0 Å². The predicted molar refractivity (Wildman–Crippen MR) is 57.3 cm³/mol. The molecule has 2 rings (SSSR count). The molecule has 0 bridgehead atoms. The first kappa shape index (κ1) is 10.7. The summed E-state index contributed by atoms with van der Waals surface area (Å²) in [5.74, 6) is 0.778. The minimum atomic E-state index is -0.107. The van der Waals surface area contributed by atoms with Crippen LogP contribution >= 0.6 is 11.6 Å². The maximum absolute atomic E-state index is 5.82. The smallest absolute Gasteiger partial charge is 0.161 e. The molecule has 0 radical (unpaired) electrons. The standard InChI is InChI=1S/C11H13ClO3/c12-9-2-1-3-10(8-9)13-5-4-11-14-6-7-15-11/h1-3,8,11H,4-7H2. The van der Waals surface area contributed by atoms with E-state index in [9.17, 15) is 0 Å². The van der Waals surface area contributed by atoms with Crippen LogP contribution in [0.4, 0.5) is 0 Å². The summed E-state index contributed by atoms with van der Waals surface area (Å²) in [6, 6.07) is 7.35. The van der Waals surface area contributed by atoms with E-state index in [0.717, 1.165) is 12.2 Å². The van der Waals surface area contributed by atoms with Gasteiger partial charge >= 0.3 is 0 Å². The van der Waals surface area contributed by atoms with E-state index >= 15 is 0 Å². The summed E-state index contributed by atoms with van der Waals surface area (Å²) in [5.41, 5.74) is 0. The van der Waals surface area contributed by atoms with Gasteiger partial charge in [-0.1, -0.05) is 17.7 Å². The molecule has 1 aliphatic rings. The quantitative estimate of drug-likeness (QED) is 0.793. The van der Waals surface area contributed by atoms with Crippen LogP contribution in [0.5, 0.6) is 5.75 Å². The van der Waals surface area contributed by atoms with Gasteiger partial charge in [-0.25, -0.2) is 0 Å². The average molecular weight is 229 g/mol. The molecule has 0 aliphatic carbocycles. The summed E-state index contributed by atoms with van der Waals surface area (Å²) in [5, 5.41) is 0.681. The van der Waals surface area contributed by atoms with Crippen molar-refractivity contribution in [2.75, 3.05) is 19.8 Å². The fourth-order valence-corrected chi connectivity index (χ4v) is 1.58. The number of hydrogen-bond acceptors (Lipinski definition) is 3. The fraction of sp³-hybridized carbons (Fsp3) is 0.455. The highest BCUT2D eigenvalue weighted by atomic mass is 35.5. The average Bonchev–Trinajstić information content (AvgIpc) is 2.71. The molecule has 0 amide bonds. The zero-order valence-corrected chi connectivity index (χ0v) is 9.07. The Hall–Kier alpha value is -0.770. The zero-order chi connectivity index (χ0) is 10.5. The second kappa shape index (κ2) is 5.35. The van der Waals surface area contributed by atoms with Crippen molar-refractivity contribution in [2.45, 2.75) is 12.7 Å². The predicted octanol–water partition coefficient (Wildman–Crippen LogP) is 2.48. The van der Waals surface area contributed by atoms with Crippen LogP contribution in [0.15, 0.2) is 24.3 Å². The van der Waals surface area contributed by atoms with Crippen LogP contribution in [0.25, 0.3) is 0 Å². The molecule has 0 saturated carbocycles. The van der Waals surface area contributed by atoms with E-state index in [1.165, 1.54) is 0 Å². The number of halogens is 1. The van der Waals surface area contributed by atoms with E-state index in [1.807, 2.05) is 18.2 Å². The van der Waals surface area contributed by atoms with Crippen molar-refractivity contribution in [1.82, 2.24) is 0 Å². The molecule has 3 nitrogen and oxygen atoms in total. The molecule has 0 spiro atoms. The Morgan fingerprint density at radius 1 is 1.33 bits per heavy atom. The zero-order valence-electron chi connectivity index (χ0n) is 8.32. The van der Waals surface area contributed by atoms with E-state index in [0.29, 0.717) is 24.8 Å². The van der Waals surface area contributed by atoms with Crippen LogP contribution < -0.4 is 4.74 Å². The molecule has 0 aromatic heterocycles. The van der Waals surface area contributed by atoms with Gasteiger partial charge in [-0.05, 0) is 18.2 Å². The topological polar surface area (TPSA) is 27.7 Å². The highest BCUT2D eigenvalue weighted by molar-refractivity contribution is 6.30. The first-order valence-electron chi connectivity index (χ1n) is 4.96. The Morgan fingerprint density at radius 3 is 2.87 bits per heavy atom. The molecular weight excluding hydrogens is 216 g/mol. The lowest BCUT2D eigenvalue weighted by Crippen LogP contribution is -2.12. The molecule has 1 aromatic carbocycles. The minimum absolute atomic E-state index is 0.107. The van der Waals surface area contributed by atoms with E-state index in [1.54, 1.807) is 6.07 Å². The van der Waals surface area contributed by atoms with Gasteiger partial charge < -0.3 is 14.2 Å². The largest absolute Gasteiger partial charge is 0.493 e. The van der Waals surface area contributed by atoms with Crippen LogP contribution in [-0.2, 0) is 9.47 Å². The van der Waals surface area contributed by atoms with Crippen molar-refractivity contribution in [3.05, 3.63) is 29.3 Å². The third kappa shape index (κ3) is 3.38. The van der Waals surface area contributed by atoms with Crippen molar-refractivity contribution in [1.29, 1.82) is 0 Å². The molecule has 0 unspecified atom stereocenters. The third-order valence-electron chi connectivity index (χ3n) is 2.11. The monoisotopic (exact) mass is 228 g/mol. The molecule has 1 aromatic rings. The van der Waals surface area contributed by atoms with Gasteiger partial charge in [0.05, 0.1) is 19.8 Å². The van der Waals surface area contributed by atoms with Crippen molar-refractivity contribution >= 4 is 11.6 Å². The van der Waals surface area contributed by atoms with Gasteiger partial charge in [0.1, 0.15) is 5.75 Å². The Labute approximate surface area is 93.9 Å². The maximum Gasteiger partial charge on any atom is 0.161 e. The van der Waals surface area contributed by atoms with Crippen molar-refractivity contribution in [3.8, 4) is 5.75 Å². The maximum atomic E-state index is 5.82. The SMILES string of the molecule is Clc1cccc(OCCC2OCCO2)c1. The molecule has 0 N–H and O–H groups in total. The lowest BCUT2D eigenvalue weighted by atomic mass is 10.3. The van der Waals surface area contributed by atoms with Gasteiger partial charge in [-0.15, -0.1) is 0 Å². The van der Waals surface area contributed by atoms with E-state index in [-0.39, 0.29) is 6.29 Å². The van der Waals surface area contributed by atoms with Gasteiger partial charge in [-0.3, -0.25) is 0 Å².